The number of hydrogen-bond donors (Lipinski definition) is 6. The molecular formula is C50H50N14O8S4. The van der Waals surface area contributed by atoms with Gasteiger partial charge in [0.1, 0.15) is 11.5 Å². The topological polar surface area (TPSA) is 344 Å². The second kappa shape index (κ2) is 22.6. The van der Waals surface area contributed by atoms with E-state index in [0.717, 1.165) is 26.3 Å². The zero-order chi connectivity index (χ0) is 53.7. The minimum Gasteiger partial charge on any atom is -0.497 e. The van der Waals surface area contributed by atoms with E-state index in [1.165, 1.54) is 32.2 Å². The van der Waals surface area contributed by atoms with E-state index >= 15 is 0 Å². The number of aliphatic hydroxyl groups is 2. The van der Waals surface area contributed by atoms with Gasteiger partial charge in [0, 0.05) is 29.9 Å². The number of thiazole rings is 2. The Kier molecular flexibility index (Phi) is 15.7. The lowest BCUT2D eigenvalue weighted by Gasteiger charge is -2.18. The van der Waals surface area contributed by atoms with E-state index in [1.807, 2.05) is 91.0 Å². The summed E-state index contributed by atoms with van der Waals surface area (Å²) < 4.78 is 65.9. The van der Waals surface area contributed by atoms with Crippen LogP contribution in [0.4, 0.5) is 10.3 Å². The molecule has 0 fully saturated rings. The fourth-order valence-corrected chi connectivity index (χ4v) is 12.4. The van der Waals surface area contributed by atoms with Crippen LogP contribution < -0.4 is 31.2 Å². The molecule has 10 rings (SSSR count). The van der Waals surface area contributed by atoms with Gasteiger partial charge in [0.15, 0.2) is 16.1 Å². The number of aromatic nitrogens is 10. The molecule has 0 aliphatic carbocycles. The molecule has 26 heteroatoms. The van der Waals surface area contributed by atoms with Gasteiger partial charge in [0.05, 0.1) is 63.1 Å². The summed E-state index contributed by atoms with van der Waals surface area (Å²) in [6, 6.07) is 33.0. The molecule has 76 heavy (non-hydrogen) atoms. The highest BCUT2D eigenvalue weighted by atomic mass is 32.2. The van der Waals surface area contributed by atoms with Gasteiger partial charge in [0.2, 0.25) is 25.9 Å². The SMILES string of the molecule is COc1ccc(Cn2nnc(-c3c(-c4cccc5sc(N)nc45)ccc(CCCO)c3S(N)(=O)=O)n2)cc1.COc1ccc(Cn2nnnc2-c2c(-c3cccc4sc(N)nc34)ccc(CCCO)c2S(N)(=O)=O)cc1. The van der Waals surface area contributed by atoms with Crippen LogP contribution in [0, 0.1) is 0 Å². The van der Waals surface area contributed by atoms with Gasteiger partial charge < -0.3 is 31.2 Å². The highest BCUT2D eigenvalue weighted by Crippen LogP contribution is 2.43. The smallest absolute Gasteiger partial charge is 0.239 e. The standard InChI is InChI=1S/2C25H25N7O4S2/c1-36-17-10-7-15(8-11-17)14-32-24(29-30-31-32)21-18(19-5-2-6-20-22(19)28-25(26)37-20)12-9-16(4-3-13-33)23(21)38(27,34)35;1-36-17-10-7-15(8-11-17)14-32-30-24(29-31-32)21-18(19-5-2-6-20-22(19)28-25(26)37-20)12-9-16(4-3-13-33)23(21)38(27,34)35/h2*2,5-12,33H,3-4,13-14H2,1H3,(H2,26,28)(H2,27,34,35). The van der Waals surface area contributed by atoms with Gasteiger partial charge in [-0.1, -0.05) is 95.5 Å². The molecule has 0 spiro atoms. The van der Waals surface area contributed by atoms with Crippen molar-refractivity contribution in [2.45, 2.75) is 48.6 Å². The van der Waals surface area contributed by atoms with E-state index in [0.29, 0.717) is 92.7 Å². The summed E-state index contributed by atoms with van der Waals surface area (Å²) in [7, 11) is -5.30. The lowest BCUT2D eigenvalue weighted by molar-refractivity contribution is 0.288. The summed E-state index contributed by atoms with van der Waals surface area (Å²) in [5.74, 6) is 1.76. The number of aliphatic hydroxyl groups excluding tert-OH is 2. The van der Waals surface area contributed by atoms with Crippen LogP contribution in [0.1, 0.15) is 35.1 Å². The van der Waals surface area contributed by atoms with Crippen LogP contribution in [0.25, 0.3) is 65.5 Å². The number of tetrazole rings is 2. The van der Waals surface area contributed by atoms with Gasteiger partial charge in [-0.3, -0.25) is 0 Å². The van der Waals surface area contributed by atoms with Crippen LogP contribution in [-0.4, -0.2) is 105 Å². The lowest BCUT2D eigenvalue weighted by Crippen LogP contribution is -2.18. The molecule has 0 aliphatic heterocycles. The van der Waals surface area contributed by atoms with Crippen molar-refractivity contribution >= 4 is 73.4 Å². The number of nitrogens with zero attached hydrogens (tertiary/aromatic N) is 10. The maximum absolute atomic E-state index is 13.1. The molecule has 4 heterocycles. The molecule has 6 aromatic carbocycles. The van der Waals surface area contributed by atoms with Crippen LogP contribution in [-0.2, 0) is 46.0 Å². The third kappa shape index (κ3) is 11.4. The lowest BCUT2D eigenvalue weighted by atomic mass is 9.94. The molecule has 0 saturated carbocycles. The number of methoxy groups -OCH3 is 2. The Morgan fingerprint density at radius 1 is 0.579 bits per heavy atom. The normalized spacial score (nSPS) is 11.8. The Labute approximate surface area is 443 Å². The number of para-hydroxylation sites is 2. The molecule has 0 saturated heterocycles. The van der Waals surface area contributed by atoms with Crippen LogP contribution in [0.2, 0.25) is 0 Å². The number of nitrogen functional groups attached to an aromatic ring is 2. The number of hydrogen-bond acceptors (Lipinski definition) is 20. The maximum Gasteiger partial charge on any atom is 0.239 e. The van der Waals surface area contributed by atoms with Gasteiger partial charge in [0.25, 0.3) is 0 Å². The number of aryl methyl sites for hydroxylation is 2. The van der Waals surface area contributed by atoms with Crippen LogP contribution in [0.5, 0.6) is 11.5 Å². The van der Waals surface area contributed by atoms with E-state index in [9.17, 15) is 27.0 Å². The van der Waals surface area contributed by atoms with Gasteiger partial charge in [-0.15, -0.1) is 15.3 Å². The number of anilines is 2. The highest BCUT2D eigenvalue weighted by molar-refractivity contribution is 7.89. The second-order valence-corrected chi connectivity index (χ2v) is 22.2. The van der Waals surface area contributed by atoms with Crippen molar-refractivity contribution in [3.8, 4) is 56.5 Å². The maximum atomic E-state index is 13.1. The molecule has 10 aromatic rings. The Bertz CT molecular complexity index is 3940. The Balaban J connectivity index is 0.000000186. The van der Waals surface area contributed by atoms with Gasteiger partial charge >= 0.3 is 0 Å². The van der Waals surface area contributed by atoms with Crippen molar-refractivity contribution in [1.82, 2.24) is 50.4 Å². The van der Waals surface area contributed by atoms with E-state index < -0.39 is 20.0 Å². The molecule has 0 unspecified atom stereocenters. The van der Waals surface area contributed by atoms with Crippen molar-refractivity contribution in [3.05, 3.63) is 131 Å². The van der Waals surface area contributed by atoms with E-state index in [1.54, 1.807) is 32.4 Å². The molecule has 0 amide bonds. The number of primary sulfonamides is 2. The zero-order valence-electron chi connectivity index (χ0n) is 40.8. The summed E-state index contributed by atoms with van der Waals surface area (Å²) in [5, 5.41) is 56.4. The molecular weight excluding hydrogens is 1050 g/mol. The Hall–Kier alpha value is -7.82. The molecule has 0 atom stereocenters. The van der Waals surface area contributed by atoms with E-state index in [2.05, 4.69) is 40.9 Å². The van der Waals surface area contributed by atoms with Crippen molar-refractivity contribution in [2.24, 2.45) is 10.3 Å². The van der Waals surface area contributed by atoms with Crippen molar-refractivity contribution in [2.75, 3.05) is 38.9 Å². The van der Waals surface area contributed by atoms with Crippen molar-refractivity contribution in [3.63, 3.8) is 0 Å². The summed E-state index contributed by atoms with van der Waals surface area (Å²) in [6.45, 7) is 0.368. The number of fused-ring (bicyclic) bond motifs is 2. The molecule has 0 aliphatic rings. The monoisotopic (exact) mass is 1100 g/mol. The summed E-state index contributed by atoms with van der Waals surface area (Å²) in [6.07, 6.45) is 1.31. The fourth-order valence-electron chi connectivity index (χ4n) is 8.79. The number of ether oxygens (including phenoxy) is 2. The first kappa shape index (κ1) is 53.0. The first-order chi connectivity index (χ1) is 36.6. The van der Waals surface area contributed by atoms with Crippen LogP contribution in [0.3, 0.4) is 0 Å². The molecule has 392 valence electrons. The van der Waals surface area contributed by atoms with Crippen LogP contribution in [0.15, 0.2) is 119 Å². The first-order valence-electron chi connectivity index (χ1n) is 23.3. The number of nitrogens with two attached hydrogens (primary N) is 4. The molecule has 4 aromatic heterocycles. The van der Waals surface area contributed by atoms with Gasteiger partial charge in [-0.25, -0.2) is 41.8 Å². The quantitative estimate of drug-likeness (QED) is 0.0604. The zero-order valence-corrected chi connectivity index (χ0v) is 44.1. The summed E-state index contributed by atoms with van der Waals surface area (Å²) in [4.78, 5) is 10.2. The predicted molar refractivity (Wildman–Crippen MR) is 290 cm³/mol. The van der Waals surface area contributed by atoms with Gasteiger partial charge in [-0.05, 0) is 111 Å². The Morgan fingerprint density at radius 3 is 1.55 bits per heavy atom. The number of sulfonamides is 2. The highest BCUT2D eigenvalue weighted by Gasteiger charge is 2.30. The average Bonchev–Trinajstić information content (AvgIpc) is 4.26. The van der Waals surface area contributed by atoms with Gasteiger partial charge in [-0.2, -0.15) is 4.80 Å². The minimum atomic E-state index is -4.25. The first-order valence-corrected chi connectivity index (χ1v) is 28.0. The van der Waals surface area contributed by atoms with E-state index in [-0.39, 0.29) is 52.3 Å². The summed E-state index contributed by atoms with van der Waals surface area (Å²) in [5.41, 5.74) is 18.8. The molecule has 0 radical (unpaired) electrons. The largest absolute Gasteiger partial charge is 0.497 e. The summed E-state index contributed by atoms with van der Waals surface area (Å²) >= 11 is 2.67. The van der Waals surface area contributed by atoms with Crippen molar-refractivity contribution in [1.29, 1.82) is 0 Å². The average molecular weight is 1100 g/mol. The second-order valence-electron chi connectivity index (χ2n) is 17.1. The molecule has 0 bridgehead atoms. The predicted octanol–water partition coefficient (Wildman–Crippen LogP) is 5.66. The minimum absolute atomic E-state index is 0.0885. The van der Waals surface area contributed by atoms with Crippen LogP contribution >= 0.6 is 22.7 Å². The van der Waals surface area contributed by atoms with E-state index in [4.69, 9.17) is 31.2 Å². The molecule has 22 nitrogen and oxygen atoms in total. The Morgan fingerprint density at radius 2 is 1.07 bits per heavy atom. The third-order valence-corrected chi connectivity index (χ3v) is 15.9. The van der Waals surface area contributed by atoms with Crippen molar-refractivity contribution < 1.29 is 36.5 Å². The number of rotatable bonds is 18. The fraction of sp³-hybridized carbons (Fsp3) is 0.200. The third-order valence-electron chi connectivity index (χ3n) is 12.1. The number of benzene rings is 6. The molecule has 10 N–H and O–H groups in total.